The molecule has 0 radical (unpaired) electrons. The standard InChI is InChI=1S/C51H48N4O/c1-32(2)25-36-27-35(34-13-5-6-14-34)28-37(26-33(3)4)50(36)48-31-53-51-44-29-38(20-22-40(44)41-15-7-10-18-46(41)55(48)51)56-39-21-23-43-42-16-8-9-17-45(42)54(47(43)30-39)49-19-11-12-24-52-49/h7-12,15-24,27-34H,5-6,13-14,25-26H2,1-4H3. The van der Waals surface area contributed by atoms with Gasteiger partial charge in [0.1, 0.15) is 23.0 Å². The van der Waals surface area contributed by atoms with Gasteiger partial charge >= 0.3 is 0 Å². The molecule has 5 heteroatoms. The molecule has 4 heterocycles. The highest BCUT2D eigenvalue weighted by Gasteiger charge is 2.25. The third kappa shape index (κ3) is 5.92. The van der Waals surface area contributed by atoms with Gasteiger partial charge in [0.2, 0.25) is 0 Å². The van der Waals surface area contributed by atoms with Crippen molar-refractivity contribution in [3.63, 3.8) is 0 Å². The van der Waals surface area contributed by atoms with Gasteiger partial charge in [-0.3, -0.25) is 8.97 Å². The Hall–Kier alpha value is -5.94. The fraction of sp³-hybridized carbons (Fsp3) is 0.255. The van der Waals surface area contributed by atoms with Crippen LogP contribution in [0, 0.1) is 11.8 Å². The van der Waals surface area contributed by atoms with E-state index >= 15 is 0 Å². The Morgan fingerprint density at radius 1 is 0.607 bits per heavy atom. The van der Waals surface area contributed by atoms with Gasteiger partial charge in [-0.25, -0.2) is 9.97 Å². The molecule has 5 aromatic carbocycles. The molecule has 0 spiro atoms. The second-order valence-electron chi connectivity index (χ2n) is 16.7. The molecule has 0 N–H and O–H groups in total. The van der Waals surface area contributed by atoms with E-state index in [0.717, 1.165) is 52.2 Å². The summed E-state index contributed by atoms with van der Waals surface area (Å²) in [5.74, 6) is 4.19. The smallest absolute Gasteiger partial charge is 0.145 e. The zero-order chi connectivity index (χ0) is 37.9. The minimum absolute atomic E-state index is 0.542. The first-order valence-corrected chi connectivity index (χ1v) is 20.5. The maximum atomic E-state index is 6.75. The third-order valence-corrected chi connectivity index (χ3v) is 11.9. The molecule has 10 rings (SSSR count). The van der Waals surface area contributed by atoms with Crippen molar-refractivity contribution in [3.8, 4) is 28.6 Å². The van der Waals surface area contributed by atoms with E-state index in [2.05, 4.69) is 146 Å². The Balaban J connectivity index is 1.14. The Morgan fingerprint density at radius 2 is 1.23 bits per heavy atom. The zero-order valence-corrected chi connectivity index (χ0v) is 32.8. The number of hydrogen-bond donors (Lipinski definition) is 0. The van der Waals surface area contributed by atoms with E-state index in [9.17, 15) is 0 Å². The molecule has 0 unspecified atom stereocenters. The van der Waals surface area contributed by atoms with Gasteiger partial charge in [-0.15, -0.1) is 0 Å². The van der Waals surface area contributed by atoms with Crippen LogP contribution in [-0.4, -0.2) is 18.9 Å². The highest BCUT2D eigenvalue weighted by Crippen LogP contribution is 2.42. The summed E-state index contributed by atoms with van der Waals surface area (Å²) in [4.78, 5) is 9.99. The van der Waals surface area contributed by atoms with Crippen LogP contribution in [0.3, 0.4) is 0 Å². The van der Waals surface area contributed by atoms with Crippen molar-refractivity contribution in [3.05, 3.63) is 144 Å². The summed E-state index contributed by atoms with van der Waals surface area (Å²) in [6.07, 6.45) is 11.4. The highest BCUT2D eigenvalue weighted by atomic mass is 16.5. The lowest BCUT2D eigenvalue weighted by molar-refractivity contribution is 0.484. The van der Waals surface area contributed by atoms with Crippen molar-refractivity contribution < 1.29 is 4.74 Å². The maximum absolute atomic E-state index is 6.75. The lowest BCUT2D eigenvalue weighted by Gasteiger charge is -2.22. The van der Waals surface area contributed by atoms with Crippen LogP contribution >= 0.6 is 0 Å². The number of para-hydroxylation sites is 2. The van der Waals surface area contributed by atoms with Gasteiger partial charge in [-0.1, -0.05) is 95.1 Å². The number of ether oxygens (including phenoxy) is 1. The molecular formula is C51H48N4O. The molecule has 1 saturated carbocycles. The number of imidazole rings is 1. The van der Waals surface area contributed by atoms with Crippen molar-refractivity contribution in [1.29, 1.82) is 0 Å². The summed E-state index contributed by atoms with van der Waals surface area (Å²) < 4.78 is 11.4. The average Bonchev–Trinajstić information content (AvgIpc) is 3.97. The van der Waals surface area contributed by atoms with Gasteiger partial charge in [-0.2, -0.15) is 0 Å². The van der Waals surface area contributed by atoms with Crippen LogP contribution in [0.4, 0.5) is 0 Å². The van der Waals surface area contributed by atoms with Gasteiger partial charge in [-0.05, 0) is 120 Å². The number of fused-ring (bicyclic) bond motifs is 9. The van der Waals surface area contributed by atoms with E-state index in [4.69, 9.17) is 14.7 Å². The highest BCUT2D eigenvalue weighted by molar-refractivity contribution is 6.13. The largest absolute Gasteiger partial charge is 0.457 e. The number of nitrogens with zero attached hydrogens (tertiary/aromatic N) is 4. The zero-order valence-electron chi connectivity index (χ0n) is 32.8. The summed E-state index contributed by atoms with van der Waals surface area (Å²) in [7, 11) is 0. The van der Waals surface area contributed by atoms with Gasteiger partial charge in [0.05, 0.1) is 28.4 Å². The van der Waals surface area contributed by atoms with E-state index in [0.29, 0.717) is 17.8 Å². The summed E-state index contributed by atoms with van der Waals surface area (Å²) >= 11 is 0. The molecule has 0 bridgehead atoms. The van der Waals surface area contributed by atoms with Crippen LogP contribution in [0.2, 0.25) is 0 Å². The second kappa shape index (κ2) is 14.0. The van der Waals surface area contributed by atoms with Crippen molar-refractivity contribution in [2.75, 3.05) is 0 Å². The first-order valence-electron chi connectivity index (χ1n) is 20.5. The molecule has 1 fully saturated rings. The number of hydrogen-bond acceptors (Lipinski definition) is 3. The van der Waals surface area contributed by atoms with Crippen molar-refractivity contribution in [2.24, 2.45) is 11.8 Å². The summed E-state index contributed by atoms with van der Waals surface area (Å²) in [5, 5.41) is 5.82. The Kier molecular flexibility index (Phi) is 8.62. The number of rotatable bonds is 9. The predicted molar refractivity (Wildman–Crippen MR) is 233 cm³/mol. The van der Waals surface area contributed by atoms with E-state index in [1.165, 1.54) is 75.1 Å². The Bertz CT molecular complexity index is 2880. The predicted octanol–water partition coefficient (Wildman–Crippen LogP) is 13.6. The molecule has 56 heavy (non-hydrogen) atoms. The topological polar surface area (TPSA) is 44.3 Å². The molecule has 5 nitrogen and oxygen atoms in total. The minimum Gasteiger partial charge on any atom is -0.457 e. The van der Waals surface area contributed by atoms with Crippen LogP contribution in [-0.2, 0) is 12.8 Å². The van der Waals surface area contributed by atoms with Crippen LogP contribution in [0.5, 0.6) is 11.5 Å². The average molecular weight is 733 g/mol. The molecule has 278 valence electrons. The first-order chi connectivity index (χ1) is 27.4. The second-order valence-corrected chi connectivity index (χ2v) is 16.7. The summed E-state index contributed by atoms with van der Waals surface area (Å²) in [6, 6.07) is 41.3. The molecule has 0 aliphatic heterocycles. The molecule has 0 atom stereocenters. The minimum atomic E-state index is 0.542. The van der Waals surface area contributed by atoms with Crippen molar-refractivity contribution in [2.45, 2.75) is 72.1 Å². The van der Waals surface area contributed by atoms with E-state index < -0.39 is 0 Å². The van der Waals surface area contributed by atoms with Crippen molar-refractivity contribution >= 4 is 49.1 Å². The van der Waals surface area contributed by atoms with Gasteiger partial charge < -0.3 is 4.74 Å². The van der Waals surface area contributed by atoms with E-state index in [-0.39, 0.29) is 0 Å². The lowest BCUT2D eigenvalue weighted by atomic mass is 9.84. The van der Waals surface area contributed by atoms with Gasteiger partial charge in [0.15, 0.2) is 0 Å². The van der Waals surface area contributed by atoms with E-state index in [1.54, 1.807) is 5.56 Å². The van der Waals surface area contributed by atoms with Crippen LogP contribution in [0.15, 0.2) is 128 Å². The van der Waals surface area contributed by atoms with Crippen LogP contribution in [0.25, 0.3) is 66.2 Å². The molecule has 0 saturated heterocycles. The summed E-state index contributed by atoms with van der Waals surface area (Å²) in [5.41, 5.74) is 11.3. The monoisotopic (exact) mass is 732 g/mol. The van der Waals surface area contributed by atoms with Crippen molar-refractivity contribution in [1.82, 2.24) is 18.9 Å². The normalized spacial score (nSPS) is 13.8. The fourth-order valence-electron chi connectivity index (χ4n) is 9.57. The molecule has 0 amide bonds. The van der Waals surface area contributed by atoms with Gasteiger partial charge in [0, 0.05) is 39.4 Å². The molecule has 9 aromatic rings. The van der Waals surface area contributed by atoms with Gasteiger partial charge in [0.25, 0.3) is 0 Å². The number of aromatic nitrogens is 4. The van der Waals surface area contributed by atoms with Crippen LogP contribution in [0.1, 0.15) is 76.0 Å². The Morgan fingerprint density at radius 3 is 1.93 bits per heavy atom. The SMILES string of the molecule is CC(C)Cc1cc(C2CCCC2)cc(CC(C)C)c1-c1cnc2c3cc(Oc4ccc5c6ccccc6n(-c6ccccn6)c5c4)ccc3c3ccccc3n12. The quantitative estimate of drug-likeness (QED) is 0.139. The molecule has 1 aliphatic rings. The molecule has 4 aromatic heterocycles. The third-order valence-electron chi connectivity index (χ3n) is 11.9. The molecular weight excluding hydrogens is 685 g/mol. The maximum Gasteiger partial charge on any atom is 0.145 e. The lowest BCUT2D eigenvalue weighted by Crippen LogP contribution is -2.08. The number of pyridine rings is 2. The molecule has 1 aliphatic carbocycles. The first kappa shape index (κ1) is 34.5. The Labute approximate surface area is 328 Å². The fourth-order valence-corrected chi connectivity index (χ4v) is 9.57. The number of benzene rings is 5. The van der Waals surface area contributed by atoms with Crippen LogP contribution < -0.4 is 4.74 Å². The van der Waals surface area contributed by atoms with E-state index in [1.807, 2.05) is 18.3 Å². The summed E-state index contributed by atoms with van der Waals surface area (Å²) in [6.45, 7) is 9.40.